The summed E-state index contributed by atoms with van der Waals surface area (Å²) < 4.78 is 10.8. The van der Waals surface area contributed by atoms with Gasteiger partial charge in [-0.3, -0.25) is 9.59 Å². The number of fused-ring (bicyclic) bond motifs is 3. The Balaban J connectivity index is 1.54. The van der Waals surface area contributed by atoms with E-state index < -0.39 is 6.04 Å². The smallest absolute Gasteiger partial charge is 0.260 e. The van der Waals surface area contributed by atoms with Crippen molar-refractivity contribution in [3.63, 3.8) is 0 Å². The highest BCUT2D eigenvalue weighted by molar-refractivity contribution is 7.99. The molecule has 4 rings (SSSR count). The molecule has 146 valence electrons. The maximum atomic E-state index is 13.1. The lowest BCUT2D eigenvalue weighted by atomic mass is 10.1. The van der Waals surface area contributed by atoms with Crippen molar-refractivity contribution in [2.24, 2.45) is 0 Å². The van der Waals surface area contributed by atoms with Crippen LogP contribution in [0.1, 0.15) is 32.4 Å². The normalized spacial score (nSPS) is 20.0. The van der Waals surface area contributed by atoms with Crippen LogP contribution in [0.5, 0.6) is 11.5 Å². The molecule has 2 heterocycles. The van der Waals surface area contributed by atoms with E-state index >= 15 is 0 Å². The molecule has 2 aliphatic heterocycles. The third-order valence-corrected chi connectivity index (χ3v) is 6.49. The number of carbonyl (C=O) groups excluding carboxylic acids is 2. The number of thioether (sulfide) groups is 1. The molecule has 0 saturated carbocycles. The predicted molar refractivity (Wildman–Crippen MR) is 108 cm³/mol. The first-order chi connectivity index (χ1) is 13.5. The third kappa shape index (κ3) is 2.99. The highest BCUT2D eigenvalue weighted by Gasteiger charge is 2.50. The molecule has 1 saturated heterocycles. The van der Waals surface area contributed by atoms with Crippen LogP contribution in [-0.4, -0.2) is 42.7 Å². The van der Waals surface area contributed by atoms with Crippen molar-refractivity contribution in [1.82, 2.24) is 10.2 Å². The first-order valence-electron chi connectivity index (χ1n) is 9.07. The molecule has 2 aromatic carbocycles. The molecular weight excluding hydrogens is 376 g/mol. The van der Waals surface area contributed by atoms with Crippen molar-refractivity contribution < 1.29 is 19.1 Å². The molecule has 0 aromatic heterocycles. The SMILES string of the molecule is COc1ccc2c(c1OC)C(=O)N1C(C(=O)NCc3ccc(C)cc3)CSC21. The van der Waals surface area contributed by atoms with Crippen LogP contribution in [0.4, 0.5) is 0 Å². The van der Waals surface area contributed by atoms with E-state index in [1.54, 1.807) is 29.8 Å². The summed E-state index contributed by atoms with van der Waals surface area (Å²) in [5.74, 6) is 1.20. The molecule has 1 N–H and O–H groups in total. The van der Waals surface area contributed by atoms with Crippen molar-refractivity contribution in [2.45, 2.75) is 24.9 Å². The van der Waals surface area contributed by atoms with E-state index in [2.05, 4.69) is 5.32 Å². The molecule has 0 bridgehead atoms. The number of aryl methyl sites for hydroxylation is 1. The van der Waals surface area contributed by atoms with Crippen molar-refractivity contribution in [1.29, 1.82) is 0 Å². The number of hydrogen-bond acceptors (Lipinski definition) is 5. The fraction of sp³-hybridized carbons (Fsp3) is 0.333. The minimum atomic E-state index is -0.504. The van der Waals surface area contributed by atoms with Crippen LogP contribution in [-0.2, 0) is 11.3 Å². The summed E-state index contributed by atoms with van der Waals surface area (Å²) in [6, 6.07) is 11.2. The number of carbonyl (C=O) groups is 2. The maximum absolute atomic E-state index is 13.1. The van der Waals surface area contributed by atoms with E-state index in [0.717, 1.165) is 11.1 Å². The Kier molecular flexibility index (Phi) is 4.93. The van der Waals surface area contributed by atoms with Crippen molar-refractivity contribution in [3.05, 3.63) is 58.7 Å². The maximum Gasteiger partial charge on any atom is 0.260 e. The van der Waals surface area contributed by atoms with Crippen molar-refractivity contribution >= 4 is 23.6 Å². The van der Waals surface area contributed by atoms with Crippen LogP contribution >= 0.6 is 11.8 Å². The van der Waals surface area contributed by atoms with Gasteiger partial charge in [0.15, 0.2) is 11.5 Å². The largest absolute Gasteiger partial charge is 0.493 e. The van der Waals surface area contributed by atoms with Crippen LogP contribution in [0.3, 0.4) is 0 Å². The van der Waals surface area contributed by atoms with Gasteiger partial charge in [0.25, 0.3) is 5.91 Å². The predicted octanol–water partition coefficient (Wildman–Crippen LogP) is 2.90. The van der Waals surface area contributed by atoms with Crippen LogP contribution in [0, 0.1) is 6.92 Å². The number of benzene rings is 2. The minimum absolute atomic E-state index is 0.136. The van der Waals surface area contributed by atoms with Gasteiger partial charge in [-0.05, 0) is 18.6 Å². The van der Waals surface area contributed by atoms with Gasteiger partial charge in [-0.2, -0.15) is 0 Å². The number of methoxy groups -OCH3 is 2. The van der Waals surface area contributed by atoms with Crippen molar-refractivity contribution in [2.75, 3.05) is 20.0 Å². The van der Waals surface area contributed by atoms with Gasteiger partial charge in [-0.1, -0.05) is 35.9 Å². The molecule has 2 aromatic rings. The van der Waals surface area contributed by atoms with Gasteiger partial charge >= 0.3 is 0 Å². The summed E-state index contributed by atoms with van der Waals surface area (Å²) in [5, 5.41) is 2.80. The molecule has 28 heavy (non-hydrogen) atoms. The number of nitrogens with one attached hydrogen (secondary N) is 1. The summed E-state index contributed by atoms with van der Waals surface area (Å²) >= 11 is 1.60. The van der Waals surface area contributed by atoms with Gasteiger partial charge in [0.2, 0.25) is 5.91 Å². The third-order valence-electron chi connectivity index (χ3n) is 5.18. The second-order valence-corrected chi connectivity index (χ2v) is 8.00. The second kappa shape index (κ2) is 7.39. The van der Waals surface area contributed by atoms with E-state index in [9.17, 15) is 9.59 Å². The minimum Gasteiger partial charge on any atom is -0.493 e. The van der Waals surface area contributed by atoms with E-state index in [0.29, 0.717) is 29.4 Å². The molecule has 1 fully saturated rings. The van der Waals surface area contributed by atoms with Crippen LogP contribution in [0.2, 0.25) is 0 Å². The lowest BCUT2D eigenvalue weighted by molar-refractivity contribution is -0.124. The Labute approximate surface area is 168 Å². The van der Waals surface area contributed by atoms with Gasteiger partial charge in [-0.25, -0.2) is 0 Å². The molecule has 2 aliphatic rings. The van der Waals surface area contributed by atoms with E-state index in [4.69, 9.17) is 9.47 Å². The molecular formula is C21H22N2O4S. The number of amides is 2. The zero-order chi connectivity index (χ0) is 19.8. The molecule has 0 radical (unpaired) electrons. The average molecular weight is 398 g/mol. The molecule has 7 heteroatoms. The van der Waals surface area contributed by atoms with Crippen LogP contribution < -0.4 is 14.8 Å². The second-order valence-electron chi connectivity index (χ2n) is 6.88. The van der Waals surface area contributed by atoms with Gasteiger partial charge in [0, 0.05) is 17.9 Å². The Morgan fingerprint density at radius 3 is 2.61 bits per heavy atom. The number of hydrogen-bond donors (Lipinski definition) is 1. The zero-order valence-corrected chi connectivity index (χ0v) is 16.8. The number of nitrogens with zero attached hydrogens (tertiary/aromatic N) is 1. The van der Waals surface area contributed by atoms with Gasteiger partial charge in [0.05, 0.1) is 19.8 Å². The van der Waals surface area contributed by atoms with E-state index in [1.807, 2.05) is 37.3 Å². The quantitative estimate of drug-likeness (QED) is 0.839. The standard InChI is InChI=1S/C21H22N2O4S/c1-12-4-6-13(7-5-12)10-22-19(24)15-11-28-21-14-8-9-16(26-2)18(27-3)17(14)20(25)23(15)21/h4-9,15,21H,10-11H2,1-3H3,(H,22,24). The van der Waals surface area contributed by atoms with Gasteiger partial charge < -0.3 is 19.7 Å². The molecule has 0 spiro atoms. The van der Waals surface area contributed by atoms with Crippen molar-refractivity contribution in [3.8, 4) is 11.5 Å². The first kappa shape index (κ1) is 18.7. The highest BCUT2D eigenvalue weighted by atomic mass is 32.2. The molecule has 2 atom stereocenters. The Morgan fingerprint density at radius 2 is 1.93 bits per heavy atom. The summed E-state index contributed by atoms with van der Waals surface area (Å²) in [5.41, 5.74) is 3.58. The van der Waals surface area contributed by atoms with Gasteiger partial charge in [-0.15, -0.1) is 11.8 Å². The lowest BCUT2D eigenvalue weighted by Crippen LogP contribution is -2.45. The highest BCUT2D eigenvalue weighted by Crippen LogP contribution is 2.52. The molecule has 6 nitrogen and oxygen atoms in total. The van der Waals surface area contributed by atoms with Crippen LogP contribution in [0.25, 0.3) is 0 Å². The monoisotopic (exact) mass is 398 g/mol. The average Bonchev–Trinajstić information content (AvgIpc) is 3.26. The fourth-order valence-electron chi connectivity index (χ4n) is 3.71. The van der Waals surface area contributed by atoms with E-state index in [-0.39, 0.29) is 17.2 Å². The number of rotatable bonds is 5. The molecule has 2 unspecified atom stereocenters. The van der Waals surface area contributed by atoms with E-state index in [1.165, 1.54) is 12.7 Å². The first-order valence-corrected chi connectivity index (χ1v) is 10.1. The summed E-state index contributed by atoms with van der Waals surface area (Å²) in [7, 11) is 3.06. The fourth-order valence-corrected chi connectivity index (χ4v) is 5.16. The summed E-state index contributed by atoms with van der Waals surface area (Å²) in [6.07, 6.45) is 0. The lowest BCUT2D eigenvalue weighted by Gasteiger charge is -2.22. The van der Waals surface area contributed by atoms with Gasteiger partial charge in [0.1, 0.15) is 11.4 Å². The number of ether oxygens (including phenoxy) is 2. The molecule has 0 aliphatic carbocycles. The Hall–Kier alpha value is -2.67. The Morgan fingerprint density at radius 1 is 1.18 bits per heavy atom. The summed E-state index contributed by atoms with van der Waals surface area (Å²) in [4.78, 5) is 27.6. The molecule has 2 amide bonds. The summed E-state index contributed by atoms with van der Waals surface area (Å²) in [6.45, 7) is 2.47. The zero-order valence-electron chi connectivity index (χ0n) is 16.0. The topological polar surface area (TPSA) is 67.9 Å². The van der Waals surface area contributed by atoms with Crippen LogP contribution in [0.15, 0.2) is 36.4 Å². The Bertz CT molecular complexity index is 929.